The van der Waals surface area contributed by atoms with Gasteiger partial charge in [-0.25, -0.2) is 4.79 Å². The summed E-state index contributed by atoms with van der Waals surface area (Å²) in [4.78, 5) is 38.8. The zero-order valence-electron chi connectivity index (χ0n) is 17.2. The van der Waals surface area contributed by atoms with Crippen molar-refractivity contribution in [1.29, 1.82) is 0 Å². The van der Waals surface area contributed by atoms with Gasteiger partial charge >= 0.3 is 5.69 Å². The van der Waals surface area contributed by atoms with Crippen molar-refractivity contribution in [3.63, 3.8) is 0 Å². The highest BCUT2D eigenvalue weighted by Crippen LogP contribution is 2.23. The van der Waals surface area contributed by atoms with Gasteiger partial charge in [0.1, 0.15) is 6.54 Å². The normalized spacial score (nSPS) is 11.1. The molecule has 7 heteroatoms. The zero-order valence-corrected chi connectivity index (χ0v) is 17.2. The maximum Gasteiger partial charge on any atom is 0.331 e. The average Bonchev–Trinajstić information content (AvgIpc) is 2.79. The van der Waals surface area contributed by atoms with Gasteiger partial charge in [-0.3, -0.25) is 18.7 Å². The van der Waals surface area contributed by atoms with Crippen LogP contribution >= 0.6 is 0 Å². The van der Waals surface area contributed by atoms with Crippen LogP contribution in [0.15, 0.2) is 76.3 Å². The predicted molar refractivity (Wildman–Crippen MR) is 122 cm³/mol. The van der Waals surface area contributed by atoms with E-state index in [0.29, 0.717) is 29.6 Å². The monoisotopic (exact) mass is 417 g/mol. The van der Waals surface area contributed by atoms with Crippen LogP contribution in [0.25, 0.3) is 21.7 Å². The Morgan fingerprint density at radius 2 is 1.61 bits per heavy atom. The van der Waals surface area contributed by atoms with E-state index < -0.39 is 5.69 Å². The standard InChI is InChI=1S/C24H23N3O4/c1-31-15-7-14-26-23(29)19-11-4-5-13-21(19)27(24(26)30)16-22(28)25-20-12-6-9-17-8-2-3-10-18(17)20/h2-6,8-13H,7,14-16H2,1H3,(H,25,28). The first-order valence-electron chi connectivity index (χ1n) is 10.1. The lowest BCUT2D eigenvalue weighted by atomic mass is 10.1. The molecule has 1 N–H and O–H groups in total. The molecule has 4 rings (SSSR count). The smallest absolute Gasteiger partial charge is 0.331 e. The van der Waals surface area contributed by atoms with Gasteiger partial charge in [0.15, 0.2) is 0 Å². The minimum Gasteiger partial charge on any atom is -0.385 e. The van der Waals surface area contributed by atoms with Crippen molar-refractivity contribution in [1.82, 2.24) is 9.13 Å². The molecular weight excluding hydrogens is 394 g/mol. The van der Waals surface area contributed by atoms with Crippen LogP contribution < -0.4 is 16.6 Å². The lowest BCUT2D eigenvalue weighted by Crippen LogP contribution is -2.42. The van der Waals surface area contributed by atoms with E-state index in [2.05, 4.69) is 5.32 Å². The molecular formula is C24H23N3O4. The van der Waals surface area contributed by atoms with Gasteiger partial charge in [-0.2, -0.15) is 0 Å². The van der Waals surface area contributed by atoms with E-state index in [4.69, 9.17) is 4.74 Å². The Kier molecular flexibility index (Phi) is 5.95. The van der Waals surface area contributed by atoms with Crippen molar-refractivity contribution in [3.8, 4) is 0 Å². The van der Waals surface area contributed by atoms with Crippen LogP contribution in [-0.4, -0.2) is 28.8 Å². The highest BCUT2D eigenvalue weighted by Gasteiger charge is 2.15. The molecule has 0 fully saturated rings. The number of nitrogens with one attached hydrogen (secondary N) is 1. The highest BCUT2D eigenvalue weighted by atomic mass is 16.5. The van der Waals surface area contributed by atoms with E-state index in [1.165, 1.54) is 9.13 Å². The molecule has 0 unspecified atom stereocenters. The van der Waals surface area contributed by atoms with Crippen molar-refractivity contribution >= 4 is 33.3 Å². The number of carbonyl (C=O) groups is 1. The van der Waals surface area contributed by atoms with Gasteiger partial charge in [0.25, 0.3) is 5.56 Å². The van der Waals surface area contributed by atoms with E-state index in [-0.39, 0.29) is 24.6 Å². The largest absolute Gasteiger partial charge is 0.385 e. The molecule has 0 aliphatic heterocycles. The molecule has 1 amide bonds. The van der Waals surface area contributed by atoms with E-state index in [1.807, 2.05) is 42.5 Å². The first-order chi connectivity index (χ1) is 15.1. The number of benzene rings is 3. The molecule has 158 valence electrons. The second kappa shape index (κ2) is 8.97. The Labute approximate surface area is 178 Å². The number of rotatable bonds is 7. The van der Waals surface area contributed by atoms with Gasteiger partial charge in [0.2, 0.25) is 5.91 Å². The molecule has 0 spiro atoms. The number of ether oxygens (including phenoxy) is 1. The number of fused-ring (bicyclic) bond motifs is 2. The third-order valence-corrected chi connectivity index (χ3v) is 5.23. The summed E-state index contributed by atoms with van der Waals surface area (Å²) >= 11 is 0. The van der Waals surface area contributed by atoms with Crippen LogP contribution in [0.5, 0.6) is 0 Å². The van der Waals surface area contributed by atoms with Gasteiger partial charge in [0, 0.05) is 31.3 Å². The molecule has 4 aromatic rings. The molecule has 1 aromatic heterocycles. The number of hydrogen-bond donors (Lipinski definition) is 1. The Hall–Kier alpha value is -3.71. The van der Waals surface area contributed by atoms with Crippen molar-refractivity contribution < 1.29 is 9.53 Å². The third kappa shape index (κ3) is 4.13. The Morgan fingerprint density at radius 3 is 2.42 bits per heavy atom. The number of aromatic nitrogens is 2. The molecule has 0 radical (unpaired) electrons. The summed E-state index contributed by atoms with van der Waals surface area (Å²) in [5.74, 6) is -0.342. The average molecular weight is 417 g/mol. The minimum absolute atomic E-state index is 0.201. The molecule has 0 saturated carbocycles. The molecule has 1 heterocycles. The van der Waals surface area contributed by atoms with Crippen molar-refractivity contribution in [3.05, 3.63) is 87.6 Å². The molecule has 0 aliphatic rings. The Balaban J connectivity index is 1.71. The van der Waals surface area contributed by atoms with Crippen LogP contribution in [0, 0.1) is 0 Å². The Morgan fingerprint density at radius 1 is 0.903 bits per heavy atom. The summed E-state index contributed by atoms with van der Waals surface area (Å²) in [6.07, 6.45) is 0.520. The van der Waals surface area contributed by atoms with Gasteiger partial charge in [-0.15, -0.1) is 0 Å². The summed E-state index contributed by atoms with van der Waals surface area (Å²) in [5, 5.41) is 5.23. The molecule has 0 saturated heterocycles. The SMILES string of the molecule is COCCCn1c(=O)c2ccccc2n(CC(=O)Nc2cccc3ccccc23)c1=O. The number of carbonyl (C=O) groups excluding carboxylic acids is 1. The summed E-state index contributed by atoms with van der Waals surface area (Å²) in [5.41, 5.74) is 0.248. The number of methoxy groups -OCH3 is 1. The van der Waals surface area contributed by atoms with E-state index >= 15 is 0 Å². The second-order valence-corrected chi connectivity index (χ2v) is 7.26. The molecule has 0 aliphatic carbocycles. The van der Waals surface area contributed by atoms with Crippen LogP contribution in [0.3, 0.4) is 0 Å². The first-order valence-corrected chi connectivity index (χ1v) is 10.1. The summed E-state index contributed by atoms with van der Waals surface area (Å²) in [6.45, 7) is 0.453. The second-order valence-electron chi connectivity index (χ2n) is 7.26. The quantitative estimate of drug-likeness (QED) is 0.469. The van der Waals surface area contributed by atoms with Gasteiger partial charge < -0.3 is 10.1 Å². The first kappa shape index (κ1) is 20.6. The van der Waals surface area contributed by atoms with Gasteiger partial charge in [-0.1, -0.05) is 48.5 Å². The third-order valence-electron chi connectivity index (χ3n) is 5.23. The maximum atomic E-state index is 13.1. The van der Waals surface area contributed by atoms with Crippen molar-refractivity contribution in [2.24, 2.45) is 0 Å². The maximum absolute atomic E-state index is 13.1. The van der Waals surface area contributed by atoms with Crippen LogP contribution in [-0.2, 0) is 22.6 Å². The minimum atomic E-state index is -0.507. The van der Waals surface area contributed by atoms with Crippen LogP contribution in [0.2, 0.25) is 0 Å². The van der Waals surface area contributed by atoms with Crippen LogP contribution in [0.1, 0.15) is 6.42 Å². The molecule has 7 nitrogen and oxygen atoms in total. The highest BCUT2D eigenvalue weighted by molar-refractivity contribution is 6.02. The lowest BCUT2D eigenvalue weighted by molar-refractivity contribution is -0.116. The summed E-state index contributed by atoms with van der Waals surface area (Å²) in [7, 11) is 1.57. The fraction of sp³-hybridized carbons (Fsp3) is 0.208. The van der Waals surface area contributed by atoms with Crippen molar-refractivity contribution in [2.75, 3.05) is 19.0 Å². The fourth-order valence-corrected chi connectivity index (χ4v) is 3.76. The zero-order chi connectivity index (χ0) is 21.8. The number of anilines is 1. The van der Waals surface area contributed by atoms with Gasteiger partial charge in [-0.05, 0) is 30.0 Å². The fourth-order valence-electron chi connectivity index (χ4n) is 3.76. The van der Waals surface area contributed by atoms with E-state index in [0.717, 1.165) is 10.8 Å². The van der Waals surface area contributed by atoms with Crippen molar-refractivity contribution in [2.45, 2.75) is 19.5 Å². The number of amides is 1. The van der Waals surface area contributed by atoms with Crippen LogP contribution in [0.4, 0.5) is 5.69 Å². The number of nitrogens with zero attached hydrogens (tertiary/aromatic N) is 2. The van der Waals surface area contributed by atoms with E-state index in [1.54, 1.807) is 31.4 Å². The van der Waals surface area contributed by atoms with Gasteiger partial charge in [0.05, 0.1) is 10.9 Å². The molecule has 31 heavy (non-hydrogen) atoms. The van der Waals surface area contributed by atoms with E-state index in [9.17, 15) is 14.4 Å². The Bertz CT molecular complexity index is 1370. The molecule has 3 aromatic carbocycles. The number of para-hydroxylation sites is 1. The molecule has 0 bridgehead atoms. The predicted octanol–water partition coefficient (Wildman–Crippen LogP) is 2.99. The topological polar surface area (TPSA) is 82.3 Å². The number of hydrogen-bond acceptors (Lipinski definition) is 4. The lowest BCUT2D eigenvalue weighted by Gasteiger charge is -2.14. The summed E-state index contributed by atoms with van der Waals surface area (Å²) < 4.78 is 7.56. The molecule has 0 atom stereocenters. The summed E-state index contributed by atoms with van der Waals surface area (Å²) in [6, 6.07) is 20.3.